The van der Waals surface area contributed by atoms with E-state index >= 15 is 0 Å². The quantitative estimate of drug-likeness (QED) is 0.240. The van der Waals surface area contributed by atoms with Gasteiger partial charge in [-0.25, -0.2) is 0 Å². The van der Waals surface area contributed by atoms with Gasteiger partial charge in [0, 0.05) is 5.56 Å². The van der Waals surface area contributed by atoms with Crippen LogP contribution < -0.4 is 5.73 Å². The molecule has 5 nitrogen and oxygen atoms in total. The SMILES string of the molecule is CCc1cccc(-c2ccc(C(N)=O)cc2)c1.COC(=O)C(Cc1cccc(C#N)c1)C(C)Cc1ccccc1. The van der Waals surface area contributed by atoms with Gasteiger partial charge in [0.15, 0.2) is 0 Å². The number of nitriles is 1. The number of hydrogen-bond donors (Lipinski definition) is 1. The summed E-state index contributed by atoms with van der Waals surface area (Å²) in [6.45, 7) is 4.21. The second-order valence-electron chi connectivity index (χ2n) is 9.81. The molecular weight excluding hydrogens is 496 g/mol. The summed E-state index contributed by atoms with van der Waals surface area (Å²) in [7, 11) is 1.43. The van der Waals surface area contributed by atoms with Gasteiger partial charge in [-0.2, -0.15) is 5.26 Å². The molecule has 0 heterocycles. The lowest BCUT2D eigenvalue weighted by atomic mass is 9.84. The number of esters is 1. The Morgan fingerprint density at radius 1 is 0.800 bits per heavy atom. The molecule has 0 aliphatic carbocycles. The molecule has 204 valence electrons. The van der Waals surface area contributed by atoms with Crippen molar-refractivity contribution in [2.24, 2.45) is 17.6 Å². The molecule has 2 unspecified atom stereocenters. The first-order chi connectivity index (χ1) is 19.3. The number of carbonyl (C=O) groups is 2. The van der Waals surface area contributed by atoms with Crippen LogP contribution in [0, 0.1) is 23.2 Å². The fourth-order valence-electron chi connectivity index (χ4n) is 4.62. The van der Waals surface area contributed by atoms with Crippen LogP contribution in [-0.4, -0.2) is 19.0 Å². The van der Waals surface area contributed by atoms with Crippen LogP contribution in [0.3, 0.4) is 0 Å². The van der Waals surface area contributed by atoms with Crippen molar-refractivity contribution in [2.75, 3.05) is 7.11 Å². The summed E-state index contributed by atoms with van der Waals surface area (Å²) >= 11 is 0. The Morgan fingerprint density at radius 3 is 2.08 bits per heavy atom. The fraction of sp³-hybridized carbons (Fsp3) is 0.229. The molecule has 2 N–H and O–H groups in total. The van der Waals surface area contributed by atoms with Gasteiger partial charge in [0.2, 0.25) is 5.91 Å². The highest BCUT2D eigenvalue weighted by molar-refractivity contribution is 5.93. The van der Waals surface area contributed by atoms with Crippen molar-refractivity contribution in [1.29, 1.82) is 5.26 Å². The van der Waals surface area contributed by atoms with Gasteiger partial charge in [-0.05, 0) is 77.3 Å². The number of hydrogen-bond acceptors (Lipinski definition) is 4. The van der Waals surface area contributed by atoms with Gasteiger partial charge in [0.25, 0.3) is 0 Å². The molecule has 0 bridgehead atoms. The number of ether oxygens (including phenoxy) is 1. The summed E-state index contributed by atoms with van der Waals surface area (Å²) in [5, 5.41) is 9.01. The minimum atomic E-state index is -0.390. The van der Waals surface area contributed by atoms with E-state index in [0.717, 1.165) is 24.0 Å². The van der Waals surface area contributed by atoms with Gasteiger partial charge < -0.3 is 10.5 Å². The Morgan fingerprint density at radius 2 is 1.45 bits per heavy atom. The first kappa shape index (κ1) is 29.9. The molecule has 0 aromatic heterocycles. The molecule has 2 atom stereocenters. The molecule has 0 aliphatic rings. The van der Waals surface area contributed by atoms with Crippen molar-refractivity contribution < 1.29 is 14.3 Å². The van der Waals surface area contributed by atoms with Gasteiger partial charge >= 0.3 is 5.97 Å². The van der Waals surface area contributed by atoms with E-state index in [-0.39, 0.29) is 23.7 Å². The highest BCUT2D eigenvalue weighted by Crippen LogP contribution is 2.24. The first-order valence-corrected chi connectivity index (χ1v) is 13.4. The summed E-state index contributed by atoms with van der Waals surface area (Å²) < 4.78 is 5.00. The number of amides is 1. The van der Waals surface area contributed by atoms with Crippen LogP contribution >= 0.6 is 0 Å². The Hall–Kier alpha value is -4.69. The molecular formula is C35H36N2O3. The zero-order valence-electron chi connectivity index (χ0n) is 23.3. The van der Waals surface area contributed by atoms with Gasteiger partial charge in [-0.15, -0.1) is 0 Å². The smallest absolute Gasteiger partial charge is 0.309 e. The number of nitrogens with two attached hydrogens (primary N) is 1. The normalized spacial score (nSPS) is 11.8. The number of benzene rings is 4. The van der Waals surface area contributed by atoms with Crippen LogP contribution in [0.5, 0.6) is 0 Å². The molecule has 0 fully saturated rings. The number of carbonyl (C=O) groups excluding carboxylic acids is 2. The van der Waals surface area contributed by atoms with Crippen molar-refractivity contribution in [3.8, 4) is 17.2 Å². The highest BCUT2D eigenvalue weighted by atomic mass is 16.5. The third-order valence-corrected chi connectivity index (χ3v) is 6.94. The van der Waals surface area contributed by atoms with Gasteiger partial charge in [-0.3, -0.25) is 9.59 Å². The molecule has 0 saturated heterocycles. The Balaban J connectivity index is 0.000000230. The maximum Gasteiger partial charge on any atom is 0.309 e. The lowest BCUT2D eigenvalue weighted by molar-refractivity contribution is -0.147. The second kappa shape index (κ2) is 15.0. The minimum absolute atomic E-state index is 0.149. The molecule has 4 aromatic rings. The zero-order chi connectivity index (χ0) is 28.9. The van der Waals surface area contributed by atoms with E-state index < -0.39 is 0 Å². The number of nitrogens with zero attached hydrogens (tertiary/aromatic N) is 1. The monoisotopic (exact) mass is 532 g/mol. The Kier molecular flexibility index (Phi) is 11.2. The first-order valence-electron chi connectivity index (χ1n) is 13.4. The topological polar surface area (TPSA) is 93.2 Å². The lowest BCUT2D eigenvalue weighted by Gasteiger charge is -2.22. The molecule has 1 amide bonds. The van der Waals surface area contributed by atoms with Crippen molar-refractivity contribution >= 4 is 11.9 Å². The lowest BCUT2D eigenvalue weighted by Crippen LogP contribution is -2.27. The molecule has 5 heteroatoms. The maximum absolute atomic E-state index is 12.2. The van der Waals surface area contributed by atoms with Crippen LogP contribution in [0.25, 0.3) is 11.1 Å². The number of primary amides is 1. The summed E-state index contributed by atoms with van der Waals surface area (Å²) in [4.78, 5) is 23.2. The van der Waals surface area contributed by atoms with E-state index in [1.807, 2.05) is 48.5 Å². The van der Waals surface area contributed by atoms with Crippen molar-refractivity contribution in [2.45, 2.75) is 33.1 Å². The minimum Gasteiger partial charge on any atom is -0.469 e. The largest absolute Gasteiger partial charge is 0.469 e. The average Bonchev–Trinajstić information content (AvgIpc) is 3.00. The van der Waals surface area contributed by atoms with E-state index in [1.54, 1.807) is 18.2 Å². The van der Waals surface area contributed by atoms with Crippen LogP contribution in [0.4, 0.5) is 0 Å². The van der Waals surface area contributed by atoms with Crippen molar-refractivity contribution in [3.05, 3.63) is 131 Å². The van der Waals surface area contributed by atoms with Crippen molar-refractivity contribution in [3.63, 3.8) is 0 Å². The second-order valence-corrected chi connectivity index (χ2v) is 9.81. The number of rotatable bonds is 9. The molecule has 0 saturated carbocycles. The fourth-order valence-corrected chi connectivity index (χ4v) is 4.62. The van der Waals surface area contributed by atoms with Crippen LogP contribution in [0.15, 0.2) is 103 Å². The van der Waals surface area contributed by atoms with E-state index in [9.17, 15) is 9.59 Å². The Labute approximate surface area is 237 Å². The average molecular weight is 533 g/mol. The molecule has 0 spiro atoms. The number of methoxy groups -OCH3 is 1. The molecule has 0 radical (unpaired) electrons. The standard InChI is InChI=1S/C20H21NO2.C15H15NO/c1-15(11-16-7-4-3-5-8-16)19(20(22)23-2)13-17-9-6-10-18(12-17)14-21;1-2-11-4-3-5-14(10-11)12-6-8-13(9-7-12)15(16)17/h3-10,12,15,19H,11,13H2,1-2H3;3-10H,2H2,1H3,(H2,16,17). The predicted molar refractivity (Wildman–Crippen MR) is 159 cm³/mol. The molecule has 0 aliphatic heterocycles. The van der Waals surface area contributed by atoms with Crippen molar-refractivity contribution in [1.82, 2.24) is 0 Å². The summed E-state index contributed by atoms with van der Waals surface area (Å²) in [5.41, 5.74) is 12.1. The highest BCUT2D eigenvalue weighted by Gasteiger charge is 2.26. The summed E-state index contributed by atoms with van der Waals surface area (Å²) in [6, 6.07) is 35.5. The third-order valence-electron chi connectivity index (χ3n) is 6.94. The molecule has 4 aromatic carbocycles. The van der Waals surface area contributed by atoms with E-state index in [4.69, 9.17) is 15.7 Å². The third kappa shape index (κ3) is 8.68. The maximum atomic E-state index is 12.2. The van der Waals surface area contributed by atoms with E-state index in [2.05, 4.69) is 56.3 Å². The Bertz CT molecular complexity index is 1440. The zero-order valence-corrected chi connectivity index (χ0v) is 23.3. The van der Waals surface area contributed by atoms with E-state index in [0.29, 0.717) is 17.5 Å². The van der Waals surface area contributed by atoms with Crippen LogP contribution in [0.2, 0.25) is 0 Å². The van der Waals surface area contributed by atoms with Crippen LogP contribution in [-0.2, 0) is 28.8 Å². The summed E-state index contributed by atoms with van der Waals surface area (Å²) in [6.07, 6.45) is 2.42. The summed E-state index contributed by atoms with van der Waals surface area (Å²) in [5.74, 6) is -0.667. The molecule has 4 rings (SSSR count). The van der Waals surface area contributed by atoms with Gasteiger partial charge in [0.1, 0.15) is 0 Å². The van der Waals surface area contributed by atoms with Gasteiger partial charge in [-0.1, -0.05) is 92.7 Å². The predicted octanol–water partition coefficient (Wildman–Crippen LogP) is 6.78. The van der Waals surface area contributed by atoms with Crippen LogP contribution in [0.1, 0.15) is 46.5 Å². The van der Waals surface area contributed by atoms with E-state index in [1.165, 1.54) is 23.8 Å². The molecule has 40 heavy (non-hydrogen) atoms. The number of aryl methyl sites for hydroxylation is 1. The van der Waals surface area contributed by atoms with Gasteiger partial charge in [0.05, 0.1) is 24.7 Å².